The molecule has 0 fully saturated rings. The maximum atomic E-state index is 6.35. The summed E-state index contributed by atoms with van der Waals surface area (Å²) in [5.41, 5.74) is 2.26. The van der Waals surface area contributed by atoms with Crippen LogP contribution in [0.4, 0.5) is 0 Å². The Hall–Kier alpha value is -0.590. The summed E-state index contributed by atoms with van der Waals surface area (Å²) in [6, 6.07) is 8.63. The molecule has 0 aliphatic carbocycles. The fraction of sp³-hybridized carbons (Fsp3) is 0.400. The zero-order valence-corrected chi connectivity index (χ0v) is 14.6. The molecule has 1 N–H and O–H groups in total. The van der Waals surface area contributed by atoms with Crippen LogP contribution in [0.1, 0.15) is 37.6 Å². The van der Waals surface area contributed by atoms with Gasteiger partial charge >= 0.3 is 0 Å². The first-order chi connectivity index (χ1) is 9.67. The summed E-state index contributed by atoms with van der Waals surface area (Å²) < 4.78 is 3.20. The molecule has 108 valence electrons. The second-order valence-electron chi connectivity index (χ2n) is 4.63. The predicted molar refractivity (Wildman–Crippen MR) is 92.2 cm³/mol. The first-order valence-corrected chi connectivity index (χ1v) is 8.33. The molecular formula is C15H19ClIN3. The molecule has 1 aromatic heterocycles. The third-order valence-electron chi connectivity index (χ3n) is 3.21. The van der Waals surface area contributed by atoms with E-state index in [-0.39, 0.29) is 6.04 Å². The molecule has 1 aromatic carbocycles. The Kier molecular flexibility index (Phi) is 5.86. The van der Waals surface area contributed by atoms with Crippen LogP contribution in [-0.4, -0.2) is 16.3 Å². The number of benzene rings is 1. The minimum Gasteiger partial charge on any atom is -0.305 e. The van der Waals surface area contributed by atoms with Crippen molar-refractivity contribution in [1.29, 1.82) is 0 Å². The largest absolute Gasteiger partial charge is 0.305 e. The number of halogens is 2. The molecule has 5 heteroatoms. The average molecular weight is 404 g/mol. The summed E-state index contributed by atoms with van der Waals surface area (Å²) in [4.78, 5) is 0. The quantitative estimate of drug-likeness (QED) is 0.731. The molecule has 1 heterocycles. The Morgan fingerprint density at radius 3 is 2.60 bits per heavy atom. The van der Waals surface area contributed by atoms with Gasteiger partial charge in [-0.1, -0.05) is 30.7 Å². The molecule has 0 bridgehead atoms. The highest BCUT2D eigenvalue weighted by atomic mass is 127. The molecule has 2 aromatic rings. The lowest BCUT2D eigenvalue weighted by Gasteiger charge is -2.21. The molecule has 0 saturated carbocycles. The van der Waals surface area contributed by atoms with Crippen LogP contribution in [-0.2, 0) is 6.54 Å². The van der Waals surface area contributed by atoms with Crippen molar-refractivity contribution < 1.29 is 0 Å². The summed E-state index contributed by atoms with van der Waals surface area (Å²) in [6.07, 6.45) is 2.81. The molecule has 1 unspecified atom stereocenters. The van der Waals surface area contributed by atoms with Crippen molar-refractivity contribution >= 4 is 34.2 Å². The van der Waals surface area contributed by atoms with Gasteiger partial charge in [0.2, 0.25) is 0 Å². The van der Waals surface area contributed by atoms with Gasteiger partial charge in [0.25, 0.3) is 0 Å². The van der Waals surface area contributed by atoms with Crippen molar-refractivity contribution in [3.8, 4) is 0 Å². The number of nitrogens with one attached hydrogen (secondary N) is 1. The van der Waals surface area contributed by atoms with E-state index in [0.29, 0.717) is 0 Å². The second-order valence-corrected chi connectivity index (χ2v) is 6.29. The van der Waals surface area contributed by atoms with Crippen LogP contribution in [0.25, 0.3) is 0 Å². The number of aryl methyl sites for hydroxylation is 1. The fourth-order valence-electron chi connectivity index (χ4n) is 2.23. The van der Waals surface area contributed by atoms with E-state index in [2.05, 4.69) is 71.1 Å². The second kappa shape index (κ2) is 7.43. The first-order valence-electron chi connectivity index (χ1n) is 6.87. The molecular weight excluding hydrogens is 385 g/mol. The molecule has 1 atom stereocenters. The van der Waals surface area contributed by atoms with E-state index in [1.54, 1.807) is 6.20 Å². The summed E-state index contributed by atoms with van der Waals surface area (Å²) in [6.45, 7) is 6.01. The van der Waals surface area contributed by atoms with Crippen LogP contribution in [0.5, 0.6) is 0 Å². The van der Waals surface area contributed by atoms with E-state index in [1.807, 2.05) is 4.68 Å². The molecule has 0 spiro atoms. The first kappa shape index (κ1) is 15.8. The van der Waals surface area contributed by atoms with Crippen molar-refractivity contribution in [2.24, 2.45) is 0 Å². The SMILES string of the molecule is CCCNC(c1ccc(I)cc1)c1c(Cl)cnn1CC. The number of aromatic nitrogens is 2. The highest BCUT2D eigenvalue weighted by Crippen LogP contribution is 2.28. The van der Waals surface area contributed by atoms with Gasteiger partial charge in [-0.15, -0.1) is 0 Å². The third-order valence-corrected chi connectivity index (χ3v) is 4.22. The molecule has 0 aliphatic rings. The van der Waals surface area contributed by atoms with Crippen molar-refractivity contribution in [3.05, 3.63) is 50.3 Å². The van der Waals surface area contributed by atoms with Crippen molar-refractivity contribution in [3.63, 3.8) is 0 Å². The van der Waals surface area contributed by atoms with Gasteiger partial charge in [-0.05, 0) is 60.2 Å². The summed E-state index contributed by atoms with van der Waals surface area (Å²) in [7, 11) is 0. The van der Waals surface area contributed by atoms with E-state index < -0.39 is 0 Å². The zero-order chi connectivity index (χ0) is 14.5. The van der Waals surface area contributed by atoms with Gasteiger partial charge in [0.1, 0.15) is 0 Å². The normalized spacial score (nSPS) is 12.6. The Morgan fingerprint density at radius 2 is 2.00 bits per heavy atom. The number of nitrogens with zero attached hydrogens (tertiary/aromatic N) is 2. The lowest BCUT2D eigenvalue weighted by atomic mass is 10.0. The van der Waals surface area contributed by atoms with Crippen LogP contribution in [0.15, 0.2) is 30.5 Å². The highest BCUT2D eigenvalue weighted by Gasteiger charge is 2.21. The molecule has 2 rings (SSSR count). The van der Waals surface area contributed by atoms with Crippen molar-refractivity contribution in [2.75, 3.05) is 6.54 Å². The van der Waals surface area contributed by atoms with E-state index in [1.165, 1.54) is 9.13 Å². The summed E-state index contributed by atoms with van der Waals surface area (Å²) in [5, 5.41) is 8.65. The van der Waals surface area contributed by atoms with E-state index >= 15 is 0 Å². The van der Waals surface area contributed by atoms with Crippen molar-refractivity contribution in [1.82, 2.24) is 15.1 Å². The molecule has 0 aliphatic heterocycles. The monoisotopic (exact) mass is 403 g/mol. The van der Waals surface area contributed by atoms with Crippen molar-refractivity contribution in [2.45, 2.75) is 32.9 Å². The van der Waals surface area contributed by atoms with Crippen LogP contribution in [0.3, 0.4) is 0 Å². The lowest BCUT2D eigenvalue weighted by Crippen LogP contribution is -2.26. The minimum atomic E-state index is 0.0851. The maximum absolute atomic E-state index is 6.35. The van der Waals surface area contributed by atoms with Gasteiger partial charge in [0.05, 0.1) is 23.0 Å². The fourth-order valence-corrected chi connectivity index (χ4v) is 2.84. The predicted octanol–water partition coefficient (Wildman–Crippen LogP) is 4.25. The minimum absolute atomic E-state index is 0.0851. The zero-order valence-electron chi connectivity index (χ0n) is 11.7. The van der Waals surface area contributed by atoms with Gasteiger partial charge in [0.15, 0.2) is 0 Å². The molecule has 0 radical (unpaired) electrons. The highest BCUT2D eigenvalue weighted by molar-refractivity contribution is 14.1. The molecule has 20 heavy (non-hydrogen) atoms. The average Bonchev–Trinajstić information content (AvgIpc) is 2.82. The van der Waals surface area contributed by atoms with Gasteiger partial charge in [-0.3, -0.25) is 4.68 Å². The van der Waals surface area contributed by atoms with Gasteiger partial charge < -0.3 is 5.32 Å². The van der Waals surface area contributed by atoms with E-state index in [0.717, 1.165) is 30.2 Å². The maximum Gasteiger partial charge on any atom is 0.0837 e. The Labute approximate surface area is 138 Å². The number of hydrogen-bond donors (Lipinski definition) is 1. The van der Waals surface area contributed by atoms with E-state index in [9.17, 15) is 0 Å². The van der Waals surface area contributed by atoms with Gasteiger partial charge in [0, 0.05) is 10.1 Å². The topological polar surface area (TPSA) is 29.9 Å². The summed E-state index contributed by atoms with van der Waals surface area (Å²) in [5.74, 6) is 0. The molecule has 0 amide bonds. The van der Waals surface area contributed by atoms with Crippen LogP contribution >= 0.6 is 34.2 Å². The van der Waals surface area contributed by atoms with Crippen LogP contribution in [0.2, 0.25) is 5.02 Å². The Morgan fingerprint density at radius 1 is 1.30 bits per heavy atom. The van der Waals surface area contributed by atoms with Gasteiger partial charge in [-0.2, -0.15) is 5.10 Å². The Balaban J connectivity index is 2.41. The Bertz CT molecular complexity index is 551. The number of hydrogen-bond acceptors (Lipinski definition) is 2. The standard InChI is InChI=1S/C15H19ClIN3/c1-3-9-18-14(11-5-7-12(17)8-6-11)15-13(16)10-19-20(15)4-2/h5-8,10,14,18H,3-4,9H2,1-2H3. The number of rotatable bonds is 6. The van der Waals surface area contributed by atoms with Gasteiger partial charge in [-0.25, -0.2) is 0 Å². The smallest absolute Gasteiger partial charge is 0.0837 e. The third kappa shape index (κ3) is 3.54. The lowest BCUT2D eigenvalue weighted by molar-refractivity contribution is 0.530. The van der Waals surface area contributed by atoms with Crippen LogP contribution < -0.4 is 5.32 Å². The van der Waals surface area contributed by atoms with Crippen LogP contribution in [0, 0.1) is 3.57 Å². The summed E-state index contributed by atoms with van der Waals surface area (Å²) >= 11 is 8.67. The van der Waals surface area contributed by atoms with E-state index in [4.69, 9.17) is 11.6 Å². The molecule has 3 nitrogen and oxygen atoms in total. The molecule has 0 saturated heterocycles.